The van der Waals surface area contributed by atoms with Crippen LogP contribution in [0.4, 0.5) is 13.2 Å². The van der Waals surface area contributed by atoms with Crippen molar-refractivity contribution in [1.29, 1.82) is 0 Å². The molecular formula is C13H10ClF3N8. The Hall–Kier alpha value is -2.82. The summed E-state index contributed by atoms with van der Waals surface area (Å²) in [5, 5.41) is 12.0. The van der Waals surface area contributed by atoms with E-state index in [0.717, 1.165) is 0 Å². The predicted molar refractivity (Wildman–Crippen MR) is 82.1 cm³/mol. The molecule has 0 aliphatic carbocycles. The highest BCUT2D eigenvalue weighted by Crippen LogP contribution is 2.31. The SMILES string of the molecule is CC1NC=C(c2c(-c3n[nH]c(C(F)(F)F)n3)nc3cc(Cl)ncn23)N1. The molecule has 3 aromatic heterocycles. The quantitative estimate of drug-likeness (QED) is 0.597. The third-order valence-corrected chi connectivity index (χ3v) is 3.76. The van der Waals surface area contributed by atoms with Crippen LogP contribution in [0.2, 0.25) is 5.15 Å². The second kappa shape index (κ2) is 5.34. The molecule has 4 heterocycles. The van der Waals surface area contributed by atoms with Crippen molar-refractivity contribution < 1.29 is 13.2 Å². The molecule has 0 aromatic carbocycles. The minimum Gasteiger partial charge on any atom is -0.370 e. The maximum Gasteiger partial charge on any atom is 0.451 e. The van der Waals surface area contributed by atoms with E-state index in [4.69, 9.17) is 11.6 Å². The van der Waals surface area contributed by atoms with E-state index in [-0.39, 0.29) is 22.8 Å². The van der Waals surface area contributed by atoms with Gasteiger partial charge >= 0.3 is 6.18 Å². The van der Waals surface area contributed by atoms with Crippen molar-refractivity contribution in [3.05, 3.63) is 35.3 Å². The number of rotatable bonds is 2. The highest BCUT2D eigenvalue weighted by Gasteiger charge is 2.36. The van der Waals surface area contributed by atoms with E-state index in [1.54, 1.807) is 10.6 Å². The summed E-state index contributed by atoms with van der Waals surface area (Å²) >= 11 is 5.88. The van der Waals surface area contributed by atoms with Gasteiger partial charge in [-0.1, -0.05) is 11.6 Å². The topological polar surface area (TPSA) is 95.8 Å². The van der Waals surface area contributed by atoms with E-state index in [1.165, 1.54) is 12.4 Å². The fourth-order valence-electron chi connectivity index (χ4n) is 2.49. The van der Waals surface area contributed by atoms with E-state index >= 15 is 0 Å². The number of fused-ring (bicyclic) bond motifs is 1. The third-order valence-electron chi connectivity index (χ3n) is 3.55. The summed E-state index contributed by atoms with van der Waals surface area (Å²) in [6.07, 6.45) is -1.54. The molecule has 0 amide bonds. The van der Waals surface area contributed by atoms with Crippen LogP contribution in [0.25, 0.3) is 22.9 Å². The minimum absolute atomic E-state index is 0.0495. The first-order valence-corrected chi connectivity index (χ1v) is 7.47. The average molecular weight is 371 g/mol. The molecule has 8 nitrogen and oxygen atoms in total. The number of hydrogen-bond donors (Lipinski definition) is 3. The number of hydrogen-bond acceptors (Lipinski definition) is 6. The van der Waals surface area contributed by atoms with Crippen molar-refractivity contribution in [3.63, 3.8) is 0 Å². The largest absolute Gasteiger partial charge is 0.451 e. The molecule has 0 radical (unpaired) electrons. The molecule has 0 fully saturated rings. The van der Waals surface area contributed by atoms with Gasteiger partial charge < -0.3 is 10.6 Å². The Labute approximate surface area is 143 Å². The van der Waals surface area contributed by atoms with Crippen LogP contribution in [0.15, 0.2) is 18.6 Å². The normalized spacial score (nSPS) is 17.5. The van der Waals surface area contributed by atoms with Crippen LogP contribution in [0, 0.1) is 0 Å². The van der Waals surface area contributed by atoms with Gasteiger partial charge in [0, 0.05) is 12.3 Å². The van der Waals surface area contributed by atoms with Gasteiger partial charge in [-0.3, -0.25) is 9.50 Å². The number of alkyl halides is 3. The van der Waals surface area contributed by atoms with E-state index in [2.05, 4.69) is 30.7 Å². The highest BCUT2D eigenvalue weighted by molar-refractivity contribution is 6.29. The van der Waals surface area contributed by atoms with Gasteiger partial charge in [0.2, 0.25) is 11.6 Å². The van der Waals surface area contributed by atoms with Crippen molar-refractivity contribution in [3.8, 4) is 11.5 Å². The molecule has 1 aliphatic heterocycles. The molecule has 130 valence electrons. The molecule has 3 N–H and O–H groups in total. The van der Waals surface area contributed by atoms with Gasteiger partial charge in [0.15, 0.2) is 0 Å². The second-order valence-electron chi connectivity index (χ2n) is 5.34. The van der Waals surface area contributed by atoms with E-state index in [1.807, 2.05) is 12.0 Å². The van der Waals surface area contributed by atoms with Crippen LogP contribution in [0.1, 0.15) is 18.4 Å². The molecule has 0 bridgehead atoms. The Morgan fingerprint density at radius 3 is 2.72 bits per heavy atom. The predicted octanol–water partition coefficient (Wildman–Crippen LogP) is 2.02. The zero-order valence-electron chi connectivity index (χ0n) is 12.6. The van der Waals surface area contributed by atoms with E-state index in [9.17, 15) is 13.2 Å². The second-order valence-corrected chi connectivity index (χ2v) is 5.73. The molecule has 3 aromatic rings. The van der Waals surface area contributed by atoms with Crippen LogP contribution < -0.4 is 10.6 Å². The fraction of sp³-hybridized carbons (Fsp3) is 0.231. The Balaban J connectivity index is 1.92. The number of aromatic nitrogens is 6. The van der Waals surface area contributed by atoms with Crippen LogP contribution in [0.5, 0.6) is 0 Å². The van der Waals surface area contributed by atoms with Crippen LogP contribution in [-0.4, -0.2) is 35.7 Å². The van der Waals surface area contributed by atoms with Crippen LogP contribution in [0.3, 0.4) is 0 Å². The summed E-state index contributed by atoms with van der Waals surface area (Å²) in [4.78, 5) is 11.8. The molecule has 12 heteroatoms. The zero-order valence-corrected chi connectivity index (χ0v) is 13.3. The summed E-state index contributed by atoms with van der Waals surface area (Å²) < 4.78 is 40.0. The van der Waals surface area contributed by atoms with Gasteiger partial charge in [-0.05, 0) is 6.92 Å². The van der Waals surface area contributed by atoms with Gasteiger partial charge in [-0.25, -0.2) is 15.0 Å². The third kappa shape index (κ3) is 2.65. The number of aromatic amines is 1. The lowest BCUT2D eigenvalue weighted by molar-refractivity contribution is -0.144. The smallest absolute Gasteiger partial charge is 0.370 e. The first-order chi connectivity index (χ1) is 11.8. The molecular weight excluding hydrogens is 361 g/mol. The monoisotopic (exact) mass is 370 g/mol. The van der Waals surface area contributed by atoms with Crippen molar-refractivity contribution >= 4 is 22.9 Å². The number of nitrogens with zero attached hydrogens (tertiary/aromatic N) is 5. The molecule has 4 rings (SSSR count). The number of nitrogens with one attached hydrogen (secondary N) is 3. The van der Waals surface area contributed by atoms with E-state index < -0.39 is 12.0 Å². The van der Waals surface area contributed by atoms with Crippen molar-refractivity contribution in [2.24, 2.45) is 0 Å². The lowest BCUT2D eigenvalue weighted by Crippen LogP contribution is -2.27. The molecule has 1 unspecified atom stereocenters. The van der Waals surface area contributed by atoms with Crippen molar-refractivity contribution in [2.75, 3.05) is 0 Å². The molecule has 1 aliphatic rings. The Bertz CT molecular complexity index is 989. The summed E-state index contributed by atoms with van der Waals surface area (Å²) in [7, 11) is 0. The number of halogens is 4. The maximum absolute atomic E-state index is 12.8. The minimum atomic E-state index is -4.63. The summed E-state index contributed by atoms with van der Waals surface area (Å²) in [6.45, 7) is 1.88. The maximum atomic E-state index is 12.8. The van der Waals surface area contributed by atoms with Gasteiger partial charge in [0.25, 0.3) is 0 Å². The zero-order chi connectivity index (χ0) is 17.8. The molecule has 0 saturated carbocycles. The number of H-pyrrole nitrogens is 1. The first kappa shape index (κ1) is 15.7. The fourth-order valence-corrected chi connectivity index (χ4v) is 2.64. The van der Waals surface area contributed by atoms with Crippen LogP contribution >= 0.6 is 11.6 Å². The lowest BCUT2D eigenvalue weighted by Gasteiger charge is -2.08. The highest BCUT2D eigenvalue weighted by atomic mass is 35.5. The van der Waals surface area contributed by atoms with E-state index in [0.29, 0.717) is 17.0 Å². The summed E-state index contributed by atoms with van der Waals surface area (Å²) in [5.74, 6) is -1.37. The molecule has 0 saturated heterocycles. The van der Waals surface area contributed by atoms with Gasteiger partial charge in [0.05, 0.1) is 11.9 Å². The first-order valence-electron chi connectivity index (χ1n) is 7.09. The van der Waals surface area contributed by atoms with Crippen molar-refractivity contribution in [2.45, 2.75) is 19.3 Å². The Kier molecular flexibility index (Phi) is 3.35. The molecule has 0 spiro atoms. The summed E-state index contributed by atoms with van der Waals surface area (Å²) in [5.41, 5.74) is 1.68. The molecule has 25 heavy (non-hydrogen) atoms. The summed E-state index contributed by atoms with van der Waals surface area (Å²) in [6, 6.07) is 1.50. The Morgan fingerprint density at radius 1 is 1.28 bits per heavy atom. The van der Waals surface area contributed by atoms with Gasteiger partial charge in [0.1, 0.15) is 28.5 Å². The van der Waals surface area contributed by atoms with Crippen LogP contribution in [-0.2, 0) is 6.18 Å². The average Bonchev–Trinajstić information content (AvgIpc) is 3.22. The Morgan fingerprint density at radius 2 is 2.08 bits per heavy atom. The van der Waals surface area contributed by atoms with Gasteiger partial charge in [-0.2, -0.15) is 18.3 Å². The lowest BCUT2D eigenvalue weighted by atomic mass is 10.2. The van der Waals surface area contributed by atoms with Crippen molar-refractivity contribution in [1.82, 2.24) is 40.2 Å². The van der Waals surface area contributed by atoms with Gasteiger partial charge in [-0.15, -0.1) is 0 Å². The standard InChI is InChI=1S/C13H10ClF3N8/c1-5-18-3-6(20-5)10-9(11-22-12(24-23-11)13(15,16)17)21-8-2-7(14)19-4-25(8)10/h2-5,18,20H,1H3,(H,22,23,24). The number of imidazole rings is 1. The molecule has 1 atom stereocenters.